The molecule has 1 aliphatic rings. The van der Waals surface area contributed by atoms with Crippen molar-refractivity contribution >= 4 is 11.9 Å². The number of esters is 1. The van der Waals surface area contributed by atoms with Gasteiger partial charge in [-0.2, -0.15) is 0 Å². The van der Waals surface area contributed by atoms with Crippen molar-refractivity contribution in [3.05, 3.63) is 81.6 Å². The molecule has 0 saturated carbocycles. The molecule has 0 aliphatic carbocycles. The summed E-state index contributed by atoms with van der Waals surface area (Å²) in [7, 11) is 0. The minimum Gasteiger partial charge on any atom is -0.460 e. The fourth-order valence-corrected chi connectivity index (χ4v) is 4.03. The van der Waals surface area contributed by atoms with Gasteiger partial charge in [0.25, 0.3) is 0 Å². The molecule has 0 saturated heterocycles. The van der Waals surface area contributed by atoms with E-state index in [1.807, 2.05) is 32.0 Å². The number of hydrogen-bond acceptors (Lipinski definition) is 3. The van der Waals surface area contributed by atoms with Crippen LogP contribution in [-0.4, -0.2) is 22.9 Å². The van der Waals surface area contributed by atoms with E-state index in [4.69, 9.17) is 4.74 Å². The highest BCUT2D eigenvalue weighted by atomic mass is 19.1. The summed E-state index contributed by atoms with van der Waals surface area (Å²) in [6.45, 7) is 9.09. The van der Waals surface area contributed by atoms with Gasteiger partial charge in [0.2, 0.25) is 5.91 Å². The van der Waals surface area contributed by atoms with E-state index < -0.39 is 23.5 Å². The number of rotatable bonds is 5. The maximum absolute atomic E-state index is 13.7. The Morgan fingerprint density at radius 1 is 1.10 bits per heavy atom. The Morgan fingerprint density at radius 3 is 2.35 bits per heavy atom. The number of carbonyl (C=O) groups excluding carboxylic acids is 2. The molecule has 1 amide bonds. The zero-order valence-electron chi connectivity index (χ0n) is 18.5. The van der Waals surface area contributed by atoms with E-state index >= 15 is 0 Å². The third kappa shape index (κ3) is 5.01. The molecule has 2 aromatic carbocycles. The van der Waals surface area contributed by atoms with E-state index in [9.17, 15) is 18.4 Å². The highest BCUT2D eigenvalue weighted by Crippen LogP contribution is 2.39. The lowest BCUT2D eigenvalue weighted by Crippen LogP contribution is -2.38. The second-order valence-corrected chi connectivity index (χ2v) is 8.33. The van der Waals surface area contributed by atoms with Crippen molar-refractivity contribution in [2.45, 2.75) is 59.6 Å². The average Bonchev–Trinajstić information content (AvgIpc) is 2.65. The van der Waals surface area contributed by atoms with Crippen LogP contribution in [0.25, 0.3) is 0 Å². The zero-order chi connectivity index (χ0) is 22.9. The molecular formula is C25H27F2NO3. The van der Waals surface area contributed by atoms with E-state index in [2.05, 4.69) is 0 Å². The largest absolute Gasteiger partial charge is 0.460 e. The number of hydrogen-bond donors (Lipinski definition) is 0. The smallest absolute Gasteiger partial charge is 0.336 e. The zero-order valence-corrected chi connectivity index (χ0v) is 18.5. The van der Waals surface area contributed by atoms with Gasteiger partial charge in [0.15, 0.2) is 0 Å². The summed E-state index contributed by atoms with van der Waals surface area (Å²) in [5.74, 6) is -2.57. The van der Waals surface area contributed by atoms with Gasteiger partial charge in [0.1, 0.15) is 11.6 Å². The monoisotopic (exact) mass is 427 g/mol. The molecule has 0 N–H and O–H groups in total. The van der Waals surface area contributed by atoms with Crippen LogP contribution in [0.3, 0.4) is 0 Å². The first-order chi connectivity index (χ1) is 14.6. The van der Waals surface area contributed by atoms with Crippen LogP contribution in [-0.2, 0) is 20.9 Å². The number of benzene rings is 2. The topological polar surface area (TPSA) is 46.6 Å². The summed E-state index contributed by atoms with van der Waals surface area (Å²) in [5, 5.41) is 0. The van der Waals surface area contributed by atoms with Crippen molar-refractivity contribution in [2.24, 2.45) is 0 Å². The standard InChI is InChI=1S/C25H27F2NO3/c1-14(2)31-25(30)24-17(5)28(13-18-9-19(26)11-20(27)10-18)23(29)12-22(24)21-8-15(3)6-7-16(21)4/h6-11,14,22H,12-13H2,1-5H3/t22-/m1/s1. The molecular weight excluding hydrogens is 400 g/mol. The lowest BCUT2D eigenvalue weighted by molar-refractivity contribution is -0.143. The molecule has 6 heteroatoms. The SMILES string of the molecule is CC1=C(C(=O)OC(C)C)[C@@H](c2cc(C)ccc2C)CC(=O)N1Cc1cc(F)cc(F)c1. The Hall–Kier alpha value is -3.02. The van der Waals surface area contributed by atoms with Crippen LogP contribution >= 0.6 is 0 Å². The molecule has 31 heavy (non-hydrogen) atoms. The van der Waals surface area contributed by atoms with E-state index in [0.717, 1.165) is 22.8 Å². The van der Waals surface area contributed by atoms with E-state index in [0.29, 0.717) is 16.8 Å². The molecule has 1 atom stereocenters. The number of carbonyl (C=O) groups is 2. The Kier molecular flexibility index (Phi) is 6.58. The van der Waals surface area contributed by atoms with Crippen LogP contribution in [0.5, 0.6) is 0 Å². The van der Waals surface area contributed by atoms with Gasteiger partial charge in [-0.15, -0.1) is 0 Å². The molecule has 0 bridgehead atoms. The van der Waals surface area contributed by atoms with Gasteiger partial charge in [0.05, 0.1) is 18.2 Å². The van der Waals surface area contributed by atoms with Gasteiger partial charge in [-0.25, -0.2) is 13.6 Å². The van der Waals surface area contributed by atoms with Crippen LogP contribution < -0.4 is 0 Å². The number of ether oxygens (including phenoxy) is 1. The summed E-state index contributed by atoms with van der Waals surface area (Å²) >= 11 is 0. The second kappa shape index (κ2) is 9.00. The Labute approximate surface area is 181 Å². The van der Waals surface area contributed by atoms with Crippen molar-refractivity contribution in [1.29, 1.82) is 0 Å². The summed E-state index contributed by atoms with van der Waals surface area (Å²) in [6, 6.07) is 9.10. The molecule has 2 aromatic rings. The lowest BCUT2D eigenvalue weighted by atomic mass is 9.81. The summed E-state index contributed by atoms with van der Waals surface area (Å²) in [4.78, 5) is 27.6. The minimum atomic E-state index is -0.714. The highest BCUT2D eigenvalue weighted by molar-refractivity contribution is 5.96. The molecule has 0 radical (unpaired) electrons. The minimum absolute atomic E-state index is 0.0304. The summed E-state index contributed by atoms with van der Waals surface area (Å²) < 4.78 is 32.8. The third-order valence-electron chi connectivity index (χ3n) is 5.46. The Morgan fingerprint density at radius 2 is 1.74 bits per heavy atom. The number of nitrogens with zero attached hydrogens (tertiary/aromatic N) is 1. The summed E-state index contributed by atoms with van der Waals surface area (Å²) in [5.41, 5.74) is 4.06. The van der Waals surface area contributed by atoms with Gasteiger partial charge in [-0.05, 0) is 63.4 Å². The molecule has 0 fully saturated rings. The first-order valence-electron chi connectivity index (χ1n) is 10.3. The number of aryl methyl sites for hydroxylation is 2. The van der Waals surface area contributed by atoms with Crippen LogP contribution in [0, 0.1) is 25.5 Å². The molecule has 0 spiro atoms. The number of halogens is 2. The third-order valence-corrected chi connectivity index (χ3v) is 5.46. The Balaban J connectivity index is 2.09. The second-order valence-electron chi connectivity index (χ2n) is 8.33. The van der Waals surface area contributed by atoms with Crippen molar-refractivity contribution in [1.82, 2.24) is 4.90 Å². The molecule has 3 rings (SSSR count). The van der Waals surface area contributed by atoms with Crippen LogP contribution in [0.15, 0.2) is 47.7 Å². The summed E-state index contributed by atoms with van der Waals surface area (Å²) in [6.07, 6.45) is -0.252. The molecule has 0 aromatic heterocycles. The fourth-order valence-electron chi connectivity index (χ4n) is 4.03. The fraction of sp³-hybridized carbons (Fsp3) is 0.360. The van der Waals surface area contributed by atoms with Gasteiger partial charge in [-0.3, -0.25) is 4.79 Å². The van der Waals surface area contributed by atoms with Crippen molar-refractivity contribution in [2.75, 3.05) is 0 Å². The average molecular weight is 427 g/mol. The van der Waals surface area contributed by atoms with Crippen LogP contribution in [0.1, 0.15) is 55.4 Å². The number of allylic oxidation sites excluding steroid dienone is 1. The number of amides is 1. The normalized spacial score (nSPS) is 16.8. The highest BCUT2D eigenvalue weighted by Gasteiger charge is 2.37. The van der Waals surface area contributed by atoms with Gasteiger partial charge in [-0.1, -0.05) is 23.8 Å². The van der Waals surface area contributed by atoms with E-state index in [1.54, 1.807) is 20.8 Å². The molecule has 164 valence electrons. The van der Waals surface area contributed by atoms with Gasteiger partial charge >= 0.3 is 5.97 Å². The van der Waals surface area contributed by atoms with Crippen molar-refractivity contribution in [3.63, 3.8) is 0 Å². The van der Waals surface area contributed by atoms with Crippen molar-refractivity contribution in [3.8, 4) is 0 Å². The Bertz CT molecular complexity index is 1040. The first kappa shape index (κ1) is 22.7. The van der Waals surface area contributed by atoms with E-state index in [1.165, 1.54) is 17.0 Å². The predicted octanol–water partition coefficient (Wildman–Crippen LogP) is 5.32. The maximum atomic E-state index is 13.7. The molecule has 1 aliphatic heterocycles. The quantitative estimate of drug-likeness (QED) is 0.607. The van der Waals surface area contributed by atoms with Crippen LogP contribution in [0.4, 0.5) is 8.78 Å². The molecule has 4 nitrogen and oxygen atoms in total. The van der Waals surface area contributed by atoms with Gasteiger partial charge in [0, 0.05) is 24.1 Å². The van der Waals surface area contributed by atoms with Crippen LogP contribution in [0.2, 0.25) is 0 Å². The molecule has 1 heterocycles. The van der Waals surface area contributed by atoms with Crippen molar-refractivity contribution < 1.29 is 23.1 Å². The van der Waals surface area contributed by atoms with Gasteiger partial charge < -0.3 is 9.64 Å². The predicted molar refractivity (Wildman–Crippen MR) is 114 cm³/mol. The van der Waals surface area contributed by atoms with E-state index in [-0.39, 0.29) is 25.0 Å². The maximum Gasteiger partial charge on any atom is 0.336 e. The first-order valence-corrected chi connectivity index (χ1v) is 10.3. The molecule has 0 unspecified atom stereocenters. The lowest BCUT2D eigenvalue weighted by Gasteiger charge is -2.35.